The SMILES string of the molecule is CCOC(=O)c1c(NC(=O)c2ccc(C)c([N+](=O)[O-])c2)sc(C(=O)NC2CCCCC2)c1C. The van der Waals surface area contributed by atoms with Crippen LogP contribution < -0.4 is 10.6 Å². The molecule has 1 aliphatic carbocycles. The van der Waals surface area contributed by atoms with E-state index in [0.29, 0.717) is 16.0 Å². The molecule has 0 unspecified atom stereocenters. The van der Waals surface area contributed by atoms with E-state index in [-0.39, 0.29) is 40.4 Å². The van der Waals surface area contributed by atoms with Gasteiger partial charge in [-0.1, -0.05) is 25.3 Å². The molecule has 176 valence electrons. The fraction of sp³-hybridized carbons (Fsp3) is 0.435. The average molecular weight is 474 g/mol. The maximum absolute atomic E-state index is 13.0. The van der Waals surface area contributed by atoms with Crippen LogP contribution in [0.1, 0.15) is 80.5 Å². The van der Waals surface area contributed by atoms with Crippen molar-refractivity contribution in [3.63, 3.8) is 0 Å². The number of amides is 2. The molecule has 0 atom stereocenters. The first-order valence-corrected chi connectivity index (χ1v) is 11.7. The van der Waals surface area contributed by atoms with Crippen LogP contribution in [0.25, 0.3) is 0 Å². The number of carbonyl (C=O) groups excluding carboxylic acids is 3. The number of ether oxygens (including phenoxy) is 1. The Hall–Kier alpha value is -3.27. The molecule has 3 rings (SSSR count). The van der Waals surface area contributed by atoms with Crippen LogP contribution in [0.3, 0.4) is 0 Å². The molecule has 1 aromatic heterocycles. The molecule has 1 aliphatic rings. The molecular weight excluding hydrogens is 446 g/mol. The van der Waals surface area contributed by atoms with E-state index in [1.54, 1.807) is 20.8 Å². The second-order valence-corrected chi connectivity index (χ2v) is 9.02. The average Bonchev–Trinajstić information content (AvgIpc) is 3.10. The van der Waals surface area contributed by atoms with Crippen molar-refractivity contribution in [2.75, 3.05) is 11.9 Å². The van der Waals surface area contributed by atoms with Crippen molar-refractivity contribution >= 4 is 39.8 Å². The Bertz CT molecular complexity index is 1090. The number of hydrogen-bond acceptors (Lipinski definition) is 7. The summed E-state index contributed by atoms with van der Waals surface area (Å²) in [5, 5.41) is 17.1. The number of carbonyl (C=O) groups is 3. The number of anilines is 1. The summed E-state index contributed by atoms with van der Waals surface area (Å²) in [6.45, 7) is 5.03. The van der Waals surface area contributed by atoms with Gasteiger partial charge in [0, 0.05) is 23.2 Å². The third-order valence-electron chi connectivity index (χ3n) is 5.67. The topological polar surface area (TPSA) is 128 Å². The highest BCUT2D eigenvalue weighted by molar-refractivity contribution is 7.18. The van der Waals surface area contributed by atoms with E-state index in [1.165, 1.54) is 18.2 Å². The molecule has 1 fully saturated rings. The fourth-order valence-corrected chi connectivity index (χ4v) is 4.98. The number of nitro benzene ring substituents is 1. The van der Waals surface area contributed by atoms with Crippen molar-refractivity contribution in [3.8, 4) is 0 Å². The summed E-state index contributed by atoms with van der Waals surface area (Å²) < 4.78 is 5.14. The summed E-state index contributed by atoms with van der Waals surface area (Å²) in [4.78, 5) is 49.4. The van der Waals surface area contributed by atoms with Crippen LogP contribution >= 0.6 is 11.3 Å². The Morgan fingerprint density at radius 3 is 2.48 bits per heavy atom. The Kier molecular flexibility index (Phi) is 7.80. The van der Waals surface area contributed by atoms with Crippen LogP contribution in [0, 0.1) is 24.0 Å². The van der Waals surface area contributed by atoms with Gasteiger partial charge in [-0.3, -0.25) is 19.7 Å². The van der Waals surface area contributed by atoms with E-state index >= 15 is 0 Å². The van der Waals surface area contributed by atoms with E-state index in [9.17, 15) is 24.5 Å². The van der Waals surface area contributed by atoms with Crippen molar-refractivity contribution in [2.45, 2.75) is 58.9 Å². The summed E-state index contributed by atoms with van der Waals surface area (Å²) in [7, 11) is 0. The molecule has 0 radical (unpaired) electrons. The lowest BCUT2D eigenvalue weighted by atomic mass is 9.95. The van der Waals surface area contributed by atoms with Gasteiger partial charge >= 0.3 is 5.97 Å². The lowest BCUT2D eigenvalue weighted by Gasteiger charge is -2.22. The van der Waals surface area contributed by atoms with Crippen molar-refractivity contribution in [1.82, 2.24) is 5.32 Å². The minimum Gasteiger partial charge on any atom is -0.462 e. The van der Waals surface area contributed by atoms with E-state index in [2.05, 4.69) is 10.6 Å². The molecule has 0 saturated heterocycles. The van der Waals surface area contributed by atoms with E-state index in [0.717, 1.165) is 43.4 Å². The van der Waals surface area contributed by atoms with Gasteiger partial charge in [-0.25, -0.2) is 4.79 Å². The van der Waals surface area contributed by atoms with E-state index in [1.807, 2.05) is 0 Å². The van der Waals surface area contributed by atoms with Crippen LogP contribution in [0.5, 0.6) is 0 Å². The summed E-state index contributed by atoms with van der Waals surface area (Å²) in [5.74, 6) is -1.56. The molecule has 9 nitrogen and oxygen atoms in total. The molecule has 0 spiro atoms. The van der Waals surface area contributed by atoms with Crippen molar-refractivity contribution in [2.24, 2.45) is 0 Å². The van der Waals surface area contributed by atoms with Gasteiger partial charge in [0.15, 0.2) is 0 Å². The smallest absolute Gasteiger partial charge is 0.341 e. The van der Waals surface area contributed by atoms with Crippen molar-refractivity contribution in [3.05, 3.63) is 55.4 Å². The molecular formula is C23H27N3O6S. The van der Waals surface area contributed by atoms with Gasteiger partial charge < -0.3 is 15.4 Å². The standard InChI is InChI=1S/C23H27N3O6S/c1-4-32-23(29)18-14(3)19(21(28)24-16-8-6-5-7-9-16)33-22(18)25-20(27)15-11-10-13(2)17(12-15)26(30)31/h10-12,16H,4-9H2,1-3H3,(H,24,28)(H,25,27). The van der Waals surface area contributed by atoms with Crippen LogP contribution in [0.15, 0.2) is 18.2 Å². The molecule has 0 aliphatic heterocycles. The normalized spacial score (nSPS) is 13.9. The van der Waals surface area contributed by atoms with Crippen molar-refractivity contribution < 1.29 is 24.0 Å². The number of hydrogen-bond donors (Lipinski definition) is 2. The first-order valence-electron chi connectivity index (χ1n) is 10.9. The van der Waals surface area contributed by atoms with Gasteiger partial charge in [0.2, 0.25) is 0 Å². The summed E-state index contributed by atoms with van der Waals surface area (Å²) in [5.41, 5.74) is 0.865. The highest BCUT2D eigenvalue weighted by Gasteiger charge is 2.28. The minimum absolute atomic E-state index is 0.0707. The summed E-state index contributed by atoms with van der Waals surface area (Å²) in [6, 6.07) is 4.23. The van der Waals surface area contributed by atoms with Crippen LogP contribution in [-0.4, -0.2) is 35.4 Å². The summed E-state index contributed by atoms with van der Waals surface area (Å²) >= 11 is 0.995. The number of benzene rings is 1. The molecule has 2 amide bonds. The van der Waals surface area contributed by atoms with E-state index < -0.39 is 16.8 Å². The number of nitro groups is 1. The van der Waals surface area contributed by atoms with E-state index in [4.69, 9.17) is 4.74 Å². The second kappa shape index (κ2) is 10.6. The molecule has 0 bridgehead atoms. The first-order chi connectivity index (χ1) is 15.7. The molecule has 1 heterocycles. The van der Waals surface area contributed by atoms with Gasteiger partial charge in [-0.15, -0.1) is 11.3 Å². The molecule has 10 heteroatoms. The molecule has 1 saturated carbocycles. The quantitative estimate of drug-likeness (QED) is 0.339. The monoisotopic (exact) mass is 473 g/mol. The minimum atomic E-state index is -0.645. The zero-order chi connectivity index (χ0) is 24.1. The Morgan fingerprint density at radius 2 is 1.85 bits per heavy atom. The largest absolute Gasteiger partial charge is 0.462 e. The predicted octanol–water partition coefficient (Wildman–Crippen LogP) is 4.76. The third-order valence-corrected chi connectivity index (χ3v) is 6.87. The highest BCUT2D eigenvalue weighted by atomic mass is 32.1. The van der Waals surface area contributed by atoms with Crippen molar-refractivity contribution in [1.29, 1.82) is 0 Å². The van der Waals surface area contributed by atoms with Crippen LogP contribution in [-0.2, 0) is 4.74 Å². The number of aryl methyl sites for hydroxylation is 1. The fourth-order valence-electron chi connectivity index (χ4n) is 3.89. The van der Waals surface area contributed by atoms with Crippen LogP contribution in [0.4, 0.5) is 10.7 Å². The van der Waals surface area contributed by atoms with Crippen LogP contribution in [0.2, 0.25) is 0 Å². The number of thiophene rings is 1. The van der Waals surface area contributed by atoms with Gasteiger partial charge in [0.25, 0.3) is 17.5 Å². The predicted molar refractivity (Wildman–Crippen MR) is 125 cm³/mol. The maximum atomic E-state index is 13.0. The Balaban J connectivity index is 1.91. The van der Waals surface area contributed by atoms with Gasteiger partial charge in [-0.2, -0.15) is 0 Å². The number of nitrogens with zero attached hydrogens (tertiary/aromatic N) is 1. The number of nitrogens with one attached hydrogen (secondary N) is 2. The molecule has 33 heavy (non-hydrogen) atoms. The maximum Gasteiger partial charge on any atom is 0.341 e. The summed E-state index contributed by atoms with van der Waals surface area (Å²) in [6.07, 6.45) is 5.11. The third kappa shape index (κ3) is 5.57. The second-order valence-electron chi connectivity index (χ2n) is 8.00. The van der Waals surface area contributed by atoms with Gasteiger partial charge in [-0.05, 0) is 45.2 Å². The molecule has 1 aromatic carbocycles. The lowest BCUT2D eigenvalue weighted by molar-refractivity contribution is -0.385. The van der Waals surface area contributed by atoms with Gasteiger partial charge in [0.05, 0.1) is 22.0 Å². The number of esters is 1. The zero-order valence-electron chi connectivity index (χ0n) is 18.9. The Morgan fingerprint density at radius 1 is 1.15 bits per heavy atom. The van der Waals surface area contributed by atoms with Gasteiger partial charge in [0.1, 0.15) is 5.00 Å². The lowest BCUT2D eigenvalue weighted by Crippen LogP contribution is -2.36. The Labute approximate surface area is 195 Å². The highest BCUT2D eigenvalue weighted by Crippen LogP contribution is 2.35. The molecule has 2 N–H and O–H groups in total. The zero-order valence-corrected chi connectivity index (χ0v) is 19.7. The number of rotatable bonds is 7. The first kappa shape index (κ1) is 24.4. The molecule has 2 aromatic rings.